The maximum absolute atomic E-state index is 13.4. The molecule has 0 spiro atoms. The number of nitrogens with one attached hydrogen (secondary N) is 3. The zero-order chi connectivity index (χ0) is 24.5. The fourth-order valence-corrected chi connectivity index (χ4v) is 5.04. The number of benzene rings is 2. The Labute approximate surface area is 212 Å². The number of pyridine rings is 2. The molecular weight excluding hydrogens is 476 g/mol. The van der Waals surface area contributed by atoms with Crippen LogP contribution in [0.5, 0.6) is 0 Å². The van der Waals surface area contributed by atoms with E-state index in [4.69, 9.17) is 21.3 Å². The number of fused-ring (bicyclic) bond motifs is 2. The molecule has 2 aromatic carbocycles. The van der Waals surface area contributed by atoms with Crippen LogP contribution in [0, 0.1) is 0 Å². The molecule has 0 aliphatic carbocycles. The van der Waals surface area contributed by atoms with E-state index in [0.29, 0.717) is 47.4 Å². The number of morpholine rings is 1. The van der Waals surface area contributed by atoms with E-state index in [9.17, 15) is 4.79 Å². The van der Waals surface area contributed by atoms with Crippen LogP contribution in [0.25, 0.3) is 33.3 Å². The second kappa shape index (κ2) is 9.73. The standard InChI is InChI=1S/C27H25ClN6O2/c28-18-7-8-20-19(14-18)25(24(27(35)33-20)26-31-21-5-1-2-6-22(21)32-26)30-16-23(17-4-3-9-29-15-17)34-10-12-36-13-11-34/h1-9,14-15,23H,10-13,16H2,(H,31,32)(H2,30,33,35). The van der Waals surface area contributed by atoms with E-state index >= 15 is 0 Å². The van der Waals surface area contributed by atoms with Gasteiger partial charge in [-0.15, -0.1) is 0 Å². The monoisotopic (exact) mass is 500 g/mol. The van der Waals surface area contributed by atoms with Gasteiger partial charge in [-0.2, -0.15) is 0 Å². The first-order valence-electron chi connectivity index (χ1n) is 11.9. The predicted molar refractivity (Wildman–Crippen MR) is 143 cm³/mol. The van der Waals surface area contributed by atoms with Crippen molar-refractivity contribution in [1.82, 2.24) is 24.8 Å². The SMILES string of the molecule is O=c1[nH]c2ccc(Cl)cc2c(NCC(c2cccnc2)N2CCOCC2)c1-c1nc2ccccc2[nH]1. The Kier molecular flexibility index (Phi) is 6.14. The highest BCUT2D eigenvalue weighted by Crippen LogP contribution is 2.33. The second-order valence-corrected chi connectivity index (χ2v) is 9.26. The van der Waals surface area contributed by atoms with Gasteiger partial charge in [-0.25, -0.2) is 4.98 Å². The molecule has 9 heteroatoms. The number of para-hydroxylation sites is 2. The third kappa shape index (κ3) is 4.35. The summed E-state index contributed by atoms with van der Waals surface area (Å²) < 4.78 is 5.59. The largest absolute Gasteiger partial charge is 0.382 e. The van der Waals surface area contributed by atoms with Gasteiger partial charge in [0, 0.05) is 42.4 Å². The van der Waals surface area contributed by atoms with Crippen molar-refractivity contribution in [3.05, 3.63) is 87.9 Å². The van der Waals surface area contributed by atoms with Crippen molar-refractivity contribution in [2.24, 2.45) is 0 Å². The molecule has 3 N–H and O–H groups in total. The van der Waals surface area contributed by atoms with Crippen molar-refractivity contribution in [3.63, 3.8) is 0 Å². The summed E-state index contributed by atoms with van der Waals surface area (Å²) in [5.74, 6) is 0.506. The molecule has 0 radical (unpaired) electrons. The summed E-state index contributed by atoms with van der Waals surface area (Å²) in [5.41, 5.74) is 4.39. The van der Waals surface area contributed by atoms with E-state index in [0.717, 1.165) is 35.1 Å². The lowest BCUT2D eigenvalue weighted by molar-refractivity contribution is 0.0186. The maximum atomic E-state index is 13.4. The second-order valence-electron chi connectivity index (χ2n) is 8.83. The Morgan fingerprint density at radius 2 is 1.92 bits per heavy atom. The molecule has 0 saturated carbocycles. The Bertz CT molecular complexity index is 1540. The highest BCUT2D eigenvalue weighted by atomic mass is 35.5. The fraction of sp³-hybridized carbons (Fsp3) is 0.222. The fourth-order valence-electron chi connectivity index (χ4n) is 4.86. The van der Waals surface area contributed by atoms with Gasteiger partial charge in [0.2, 0.25) is 0 Å². The first kappa shape index (κ1) is 22.7. The molecule has 0 bridgehead atoms. The highest BCUT2D eigenvalue weighted by Gasteiger charge is 2.25. The molecule has 1 aliphatic rings. The van der Waals surface area contributed by atoms with Crippen LogP contribution in [0.15, 0.2) is 71.8 Å². The summed E-state index contributed by atoms with van der Waals surface area (Å²) in [6.45, 7) is 3.57. The average Bonchev–Trinajstić information content (AvgIpc) is 3.34. The van der Waals surface area contributed by atoms with Crippen LogP contribution in [-0.2, 0) is 4.74 Å². The van der Waals surface area contributed by atoms with E-state index in [1.54, 1.807) is 12.3 Å². The summed E-state index contributed by atoms with van der Waals surface area (Å²) in [4.78, 5) is 31.2. The van der Waals surface area contributed by atoms with Crippen molar-refractivity contribution < 1.29 is 4.74 Å². The van der Waals surface area contributed by atoms with Gasteiger partial charge in [-0.1, -0.05) is 29.8 Å². The van der Waals surface area contributed by atoms with E-state index in [-0.39, 0.29) is 11.6 Å². The summed E-state index contributed by atoms with van der Waals surface area (Å²) in [6, 6.07) is 17.3. The van der Waals surface area contributed by atoms with Gasteiger partial charge in [-0.3, -0.25) is 14.7 Å². The van der Waals surface area contributed by atoms with Gasteiger partial charge < -0.3 is 20.0 Å². The minimum Gasteiger partial charge on any atom is -0.382 e. The molecule has 8 nitrogen and oxygen atoms in total. The third-order valence-corrected chi connectivity index (χ3v) is 6.87. The number of halogens is 1. The molecule has 1 saturated heterocycles. The Balaban J connectivity index is 1.47. The number of aromatic nitrogens is 4. The van der Waals surface area contributed by atoms with Crippen LogP contribution < -0.4 is 10.9 Å². The van der Waals surface area contributed by atoms with Gasteiger partial charge in [0.25, 0.3) is 5.56 Å². The van der Waals surface area contributed by atoms with E-state index in [2.05, 4.69) is 31.2 Å². The normalized spacial score (nSPS) is 15.4. The molecule has 1 unspecified atom stereocenters. The summed E-state index contributed by atoms with van der Waals surface area (Å²) in [5, 5.41) is 5.03. The number of H-pyrrole nitrogens is 2. The van der Waals surface area contributed by atoms with E-state index in [1.165, 1.54) is 0 Å². The summed E-state index contributed by atoms with van der Waals surface area (Å²) >= 11 is 6.40. The molecule has 4 heterocycles. The molecule has 1 fully saturated rings. The van der Waals surface area contributed by atoms with Crippen LogP contribution in [0.1, 0.15) is 11.6 Å². The van der Waals surface area contributed by atoms with Gasteiger partial charge in [0.05, 0.1) is 41.5 Å². The van der Waals surface area contributed by atoms with Gasteiger partial charge in [-0.05, 0) is 42.0 Å². The van der Waals surface area contributed by atoms with Crippen molar-refractivity contribution in [2.75, 3.05) is 38.2 Å². The Morgan fingerprint density at radius 3 is 2.72 bits per heavy atom. The molecule has 182 valence electrons. The van der Waals surface area contributed by atoms with Crippen LogP contribution in [-0.4, -0.2) is 57.7 Å². The number of ether oxygens (including phenoxy) is 1. The minimum atomic E-state index is -0.226. The molecule has 6 rings (SSSR count). The van der Waals surface area contributed by atoms with Crippen LogP contribution >= 0.6 is 11.6 Å². The number of hydrogen-bond donors (Lipinski definition) is 3. The minimum absolute atomic E-state index is 0.0413. The lowest BCUT2D eigenvalue weighted by atomic mass is 10.0. The lowest BCUT2D eigenvalue weighted by Crippen LogP contribution is -2.41. The first-order valence-corrected chi connectivity index (χ1v) is 12.3. The maximum Gasteiger partial charge on any atom is 0.261 e. The average molecular weight is 501 g/mol. The van der Waals surface area contributed by atoms with Crippen molar-refractivity contribution in [2.45, 2.75) is 6.04 Å². The molecular formula is C27H25ClN6O2. The van der Waals surface area contributed by atoms with Crippen molar-refractivity contribution in [1.29, 1.82) is 0 Å². The van der Waals surface area contributed by atoms with Gasteiger partial charge in [0.1, 0.15) is 11.4 Å². The molecule has 5 aromatic rings. The third-order valence-electron chi connectivity index (χ3n) is 6.63. The quantitative estimate of drug-likeness (QED) is 0.315. The van der Waals surface area contributed by atoms with Crippen LogP contribution in [0.2, 0.25) is 5.02 Å². The Hall–Kier alpha value is -3.72. The molecule has 1 aliphatic heterocycles. The zero-order valence-electron chi connectivity index (χ0n) is 19.5. The first-order chi connectivity index (χ1) is 17.7. The Morgan fingerprint density at radius 1 is 1.06 bits per heavy atom. The zero-order valence-corrected chi connectivity index (χ0v) is 20.3. The molecule has 1 atom stereocenters. The van der Waals surface area contributed by atoms with Gasteiger partial charge >= 0.3 is 0 Å². The van der Waals surface area contributed by atoms with Crippen LogP contribution in [0.3, 0.4) is 0 Å². The number of anilines is 1. The highest BCUT2D eigenvalue weighted by molar-refractivity contribution is 6.31. The van der Waals surface area contributed by atoms with Crippen LogP contribution in [0.4, 0.5) is 5.69 Å². The number of aromatic amines is 2. The molecule has 3 aromatic heterocycles. The number of hydrogen-bond acceptors (Lipinski definition) is 6. The smallest absolute Gasteiger partial charge is 0.261 e. The summed E-state index contributed by atoms with van der Waals surface area (Å²) in [6.07, 6.45) is 3.67. The number of nitrogens with zero attached hydrogens (tertiary/aromatic N) is 3. The topological polar surface area (TPSA) is 98.9 Å². The van der Waals surface area contributed by atoms with Crippen molar-refractivity contribution in [3.8, 4) is 11.4 Å². The van der Waals surface area contributed by atoms with E-state index < -0.39 is 0 Å². The predicted octanol–water partition coefficient (Wildman–Crippen LogP) is 4.61. The summed E-state index contributed by atoms with van der Waals surface area (Å²) in [7, 11) is 0. The van der Waals surface area contributed by atoms with Gasteiger partial charge in [0.15, 0.2) is 0 Å². The lowest BCUT2D eigenvalue weighted by Gasteiger charge is -2.35. The molecule has 0 amide bonds. The number of rotatable bonds is 6. The molecule has 36 heavy (non-hydrogen) atoms. The van der Waals surface area contributed by atoms with Crippen molar-refractivity contribution >= 4 is 39.2 Å². The number of imidazole rings is 1. The van der Waals surface area contributed by atoms with E-state index in [1.807, 2.05) is 48.7 Å².